The monoisotopic (exact) mass is 511 g/mol. The van der Waals surface area contributed by atoms with Gasteiger partial charge in [-0.15, -0.1) is 22.7 Å². The predicted octanol–water partition coefficient (Wildman–Crippen LogP) is 4.44. The molecule has 7 nitrogen and oxygen atoms in total. The van der Waals surface area contributed by atoms with E-state index in [2.05, 4.69) is 20.9 Å². The summed E-state index contributed by atoms with van der Waals surface area (Å²) in [7, 11) is 1.66. The van der Waals surface area contributed by atoms with E-state index >= 15 is 0 Å². The quantitative estimate of drug-likeness (QED) is 0.288. The number of pyridine rings is 1. The first-order valence-electron chi connectivity index (χ1n) is 11.5. The average molecular weight is 512 g/mol. The number of methoxy groups -OCH3 is 1. The van der Waals surface area contributed by atoms with Crippen LogP contribution in [-0.2, 0) is 22.5 Å². The molecule has 0 atom stereocenters. The number of hydrogen-bond acceptors (Lipinski definition) is 8. The van der Waals surface area contributed by atoms with Gasteiger partial charge < -0.3 is 20.7 Å². The molecular formula is C25H26FN5O2S2. The molecule has 1 aliphatic heterocycles. The standard InChI is InChI=1S/C25H26FN5O2S2/c1-33-9-8-27-7-5-22(32)31-25-23(18-4-6-28-14-21(18)35-25)24-30-19-11-15(2-3-20(19)34-24)16-10-17(26)13-29-12-16/h2-3,10-13,27-28H,4-9,14H2,1H3,(H,31,32). The van der Waals surface area contributed by atoms with Crippen LogP contribution in [0.2, 0.25) is 0 Å². The number of thiazole rings is 1. The number of amides is 1. The van der Waals surface area contributed by atoms with Crippen LogP contribution >= 0.6 is 22.7 Å². The zero-order valence-electron chi connectivity index (χ0n) is 19.3. The van der Waals surface area contributed by atoms with Crippen molar-refractivity contribution in [2.45, 2.75) is 19.4 Å². The lowest BCUT2D eigenvalue weighted by molar-refractivity contribution is -0.116. The van der Waals surface area contributed by atoms with Gasteiger partial charge in [-0.05, 0) is 42.3 Å². The van der Waals surface area contributed by atoms with Gasteiger partial charge in [0.2, 0.25) is 5.91 Å². The van der Waals surface area contributed by atoms with E-state index in [9.17, 15) is 9.18 Å². The summed E-state index contributed by atoms with van der Waals surface area (Å²) in [5.41, 5.74) is 4.72. The highest BCUT2D eigenvalue weighted by atomic mass is 32.1. The molecule has 0 saturated heterocycles. The van der Waals surface area contributed by atoms with Crippen molar-refractivity contribution in [3.8, 4) is 21.7 Å². The van der Waals surface area contributed by atoms with Crippen LogP contribution in [0.15, 0.2) is 36.7 Å². The Bertz CT molecular complexity index is 1350. The smallest absolute Gasteiger partial charge is 0.226 e. The second-order valence-electron chi connectivity index (χ2n) is 8.27. The van der Waals surface area contributed by atoms with Gasteiger partial charge in [0, 0.05) is 55.4 Å². The van der Waals surface area contributed by atoms with Crippen LogP contribution in [0.5, 0.6) is 0 Å². The van der Waals surface area contributed by atoms with E-state index in [1.807, 2.05) is 18.2 Å². The normalized spacial score (nSPS) is 13.2. The van der Waals surface area contributed by atoms with Crippen LogP contribution in [0, 0.1) is 5.82 Å². The number of halogens is 1. The summed E-state index contributed by atoms with van der Waals surface area (Å²) in [4.78, 5) is 22.8. The molecule has 0 bridgehead atoms. The van der Waals surface area contributed by atoms with Crippen LogP contribution < -0.4 is 16.0 Å². The van der Waals surface area contributed by atoms with Crippen LogP contribution in [0.3, 0.4) is 0 Å². The van der Waals surface area contributed by atoms with Crippen LogP contribution in [0.4, 0.5) is 9.39 Å². The van der Waals surface area contributed by atoms with Gasteiger partial charge >= 0.3 is 0 Å². The number of nitrogens with zero attached hydrogens (tertiary/aromatic N) is 2. The number of nitrogens with one attached hydrogen (secondary N) is 3. The Labute approximate surface area is 210 Å². The topological polar surface area (TPSA) is 88.2 Å². The minimum absolute atomic E-state index is 0.0234. The highest BCUT2D eigenvalue weighted by Crippen LogP contribution is 2.45. The first-order chi connectivity index (χ1) is 17.1. The number of carbonyl (C=O) groups excluding carboxylic acids is 1. The van der Waals surface area contributed by atoms with E-state index in [-0.39, 0.29) is 11.7 Å². The number of fused-ring (bicyclic) bond motifs is 2. The zero-order valence-corrected chi connectivity index (χ0v) is 21.0. The number of anilines is 1. The molecule has 0 saturated carbocycles. The van der Waals surface area contributed by atoms with E-state index in [4.69, 9.17) is 9.72 Å². The summed E-state index contributed by atoms with van der Waals surface area (Å²) in [6.07, 6.45) is 4.13. The van der Waals surface area contributed by atoms with Crippen molar-refractivity contribution in [3.63, 3.8) is 0 Å². The lowest BCUT2D eigenvalue weighted by atomic mass is 10.0. The molecule has 3 N–H and O–H groups in total. The number of thiophene rings is 1. The first-order valence-corrected chi connectivity index (χ1v) is 13.1. The molecule has 4 heterocycles. The Morgan fingerprint density at radius 2 is 2.11 bits per heavy atom. The summed E-state index contributed by atoms with van der Waals surface area (Å²) in [5.74, 6) is -0.390. The van der Waals surface area contributed by atoms with E-state index in [1.165, 1.54) is 22.7 Å². The Balaban J connectivity index is 1.43. The lowest BCUT2D eigenvalue weighted by Crippen LogP contribution is -2.24. The van der Waals surface area contributed by atoms with E-state index in [1.54, 1.807) is 36.0 Å². The molecule has 10 heteroatoms. The van der Waals surface area contributed by atoms with Gasteiger partial charge in [0.15, 0.2) is 0 Å². The minimum Gasteiger partial charge on any atom is -0.383 e. The van der Waals surface area contributed by atoms with Crippen molar-refractivity contribution in [1.82, 2.24) is 20.6 Å². The fourth-order valence-electron chi connectivity index (χ4n) is 4.12. The third kappa shape index (κ3) is 5.41. The van der Waals surface area contributed by atoms with E-state index in [0.29, 0.717) is 31.7 Å². The van der Waals surface area contributed by atoms with Crippen molar-refractivity contribution in [1.29, 1.82) is 0 Å². The van der Waals surface area contributed by atoms with Crippen LogP contribution in [0.25, 0.3) is 31.9 Å². The van der Waals surface area contributed by atoms with Crippen molar-refractivity contribution in [3.05, 3.63) is 52.9 Å². The largest absolute Gasteiger partial charge is 0.383 e. The summed E-state index contributed by atoms with van der Waals surface area (Å²) < 4.78 is 19.7. The Morgan fingerprint density at radius 3 is 2.97 bits per heavy atom. The third-order valence-corrected chi connectivity index (χ3v) is 8.03. The minimum atomic E-state index is -0.366. The lowest BCUT2D eigenvalue weighted by Gasteiger charge is -2.13. The molecule has 0 aliphatic carbocycles. The number of rotatable bonds is 9. The summed E-state index contributed by atoms with van der Waals surface area (Å²) in [6, 6.07) is 7.42. The van der Waals surface area contributed by atoms with Gasteiger partial charge in [0.05, 0.1) is 23.0 Å². The number of benzene rings is 1. The molecule has 5 rings (SSSR count). The third-order valence-electron chi connectivity index (χ3n) is 5.83. The SMILES string of the molecule is COCCNCCC(=O)Nc1sc2c(c1-c1nc3cc(-c4cncc(F)c4)ccc3s1)CCNC2. The molecule has 4 aromatic rings. The molecule has 0 radical (unpaired) electrons. The van der Waals surface area contributed by atoms with Gasteiger partial charge in [-0.25, -0.2) is 9.37 Å². The van der Waals surface area contributed by atoms with Gasteiger partial charge in [0.1, 0.15) is 15.8 Å². The molecule has 1 amide bonds. The second-order valence-corrected chi connectivity index (χ2v) is 10.4. The van der Waals surface area contributed by atoms with Crippen LogP contribution in [-0.4, -0.2) is 49.2 Å². The number of hydrogen-bond donors (Lipinski definition) is 3. The Hall–Kier alpha value is -2.76. The van der Waals surface area contributed by atoms with Crippen molar-refractivity contribution in [2.24, 2.45) is 0 Å². The van der Waals surface area contributed by atoms with Gasteiger partial charge in [0.25, 0.3) is 0 Å². The second kappa shape index (κ2) is 10.9. The molecule has 0 fully saturated rings. The molecule has 3 aromatic heterocycles. The maximum atomic E-state index is 13.7. The van der Waals surface area contributed by atoms with E-state index in [0.717, 1.165) is 50.9 Å². The predicted molar refractivity (Wildman–Crippen MR) is 140 cm³/mol. The summed E-state index contributed by atoms with van der Waals surface area (Å²) in [6.45, 7) is 3.62. The van der Waals surface area contributed by atoms with Gasteiger partial charge in [-0.3, -0.25) is 9.78 Å². The van der Waals surface area contributed by atoms with Crippen LogP contribution in [0.1, 0.15) is 16.9 Å². The molecule has 1 aliphatic rings. The Morgan fingerprint density at radius 1 is 1.20 bits per heavy atom. The average Bonchev–Trinajstić information content (AvgIpc) is 3.43. The van der Waals surface area contributed by atoms with Gasteiger partial charge in [-0.2, -0.15) is 0 Å². The maximum absolute atomic E-state index is 13.7. The summed E-state index contributed by atoms with van der Waals surface area (Å²) >= 11 is 3.24. The number of ether oxygens (including phenoxy) is 1. The zero-order chi connectivity index (χ0) is 24.2. The van der Waals surface area contributed by atoms with Crippen molar-refractivity contribution < 1.29 is 13.9 Å². The Kier molecular flexibility index (Phi) is 7.45. The molecule has 35 heavy (non-hydrogen) atoms. The highest BCUT2D eigenvalue weighted by molar-refractivity contribution is 7.23. The maximum Gasteiger partial charge on any atom is 0.226 e. The van der Waals surface area contributed by atoms with Crippen molar-refractivity contribution in [2.75, 3.05) is 38.7 Å². The fraction of sp³-hybridized carbons (Fsp3) is 0.320. The highest BCUT2D eigenvalue weighted by Gasteiger charge is 2.25. The van der Waals surface area contributed by atoms with E-state index < -0.39 is 0 Å². The molecule has 182 valence electrons. The molecule has 0 spiro atoms. The van der Waals surface area contributed by atoms with Gasteiger partial charge in [-0.1, -0.05) is 6.07 Å². The number of carbonyl (C=O) groups is 1. The first kappa shape index (κ1) is 24.0. The van der Waals surface area contributed by atoms with Crippen molar-refractivity contribution >= 4 is 43.8 Å². The number of aromatic nitrogens is 2. The molecular weight excluding hydrogens is 485 g/mol. The fourth-order valence-corrected chi connectivity index (χ4v) is 6.45. The molecule has 0 unspecified atom stereocenters. The molecule has 1 aromatic carbocycles. The summed E-state index contributed by atoms with van der Waals surface area (Å²) in [5, 5.41) is 11.5.